The second-order valence-corrected chi connectivity index (χ2v) is 8.84. The average molecular weight is 433 g/mol. The zero-order chi connectivity index (χ0) is 22.2. The molecular formula is C26H25ClN2O2. The fourth-order valence-corrected chi connectivity index (χ4v) is 4.44. The molecule has 0 spiro atoms. The van der Waals surface area contributed by atoms with Crippen LogP contribution in [0.5, 0.6) is 0 Å². The van der Waals surface area contributed by atoms with E-state index in [0.717, 1.165) is 27.9 Å². The molecule has 0 unspecified atom stereocenters. The minimum absolute atomic E-state index is 0.156. The highest BCUT2D eigenvalue weighted by atomic mass is 35.5. The number of amides is 2. The highest BCUT2D eigenvalue weighted by molar-refractivity contribution is 6.30. The first-order chi connectivity index (χ1) is 14.8. The molecule has 1 atom stereocenters. The van der Waals surface area contributed by atoms with Gasteiger partial charge in [0.25, 0.3) is 5.91 Å². The molecular weight excluding hydrogens is 408 g/mol. The second kappa shape index (κ2) is 8.20. The van der Waals surface area contributed by atoms with E-state index >= 15 is 0 Å². The number of halogens is 1. The van der Waals surface area contributed by atoms with Crippen molar-refractivity contribution < 1.29 is 9.59 Å². The van der Waals surface area contributed by atoms with Crippen molar-refractivity contribution >= 4 is 29.1 Å². The summed E-state index contributed by atoms with van der Waals surface area (Å²) in [6.45, 7) is 6.20. The molecule has 0 bridgehead atoms. The number of hydrogen-bond acceptors (Lipinski definition) is 2. The Hall–Kier alpha value is -3.11. The number of hydrogen-bond donors (Lipinski definition) is 1. The van der Waals surface area contributed by atoms with E-state index in [1.54, 1.807) is 17.0 Å². The molecule has 0 saturated heterocycles. The van der Waals surface area contributed by atoms with Gasteiger partial charge in [-0.25, -0.2) is 0 Å². The maximum Gasteiger partial charge on any atom is 0.259 e. The van der Waals surface area contributed by atoms with Gasteiger partial charge in [0.15, 0.2) is 0 Å². The number of fused-ring (bicyclic) bond motifs is 1. The van der Waals surface area contributed by atoms with Crippen molar-refractivity contribution in [2.75, 3.05) is 4.90 Å². The van der Waals surface area contributed by atoms with Crippen LogP contribution < -0.4 is 10.2 Å². The van der Waals surface area contributed by atoms with Crippen LogP contribution in [0.25, 0.3) is 0 Å². The predicted molar refractivity (Wildman–Crippen MR) is 125 cm³/mol. The van der Waals surface area contributed by atoms with Crippen LogP contribution in [-0.2, 0) is 17.8 Å². The molecule has 5 heteroatoms. The Labute approximate surface area is 187 Å². The van der Waals surface area contributed by atoms with Crippen LogP contribution in [0.15, 0.2) is 66.7 Å². The van der Waals surface area contributed by atoms with Crippen LogP contribution in [0.4, 0.5) is 5.69 Å². The first-order valence-electron chi connectivity index (χ1n) is 10.3. The number of aryl methyl sites for hydroxylation is 2. The van der Waals surface area contributed by atoms with Crippen molar-refractivity contribution in [2.24, 2.45) is 0 Å². The smallest absolute Gasteiger partial charge is 0.259 e. The molecule has 1 N–H and O–H groups in total. The quantitative estimate of drug-likeness (QED) is 0.613. The topological polar surface area (TPSA) is 49.4 Å². The third-order valence-corrected chi connectivity index (χ3v) is 6.05. The third-order valence-electron chi connectivity index (χ3n) is 5.80. The molecule has 1 aliphatic heterocycles. The van der Waals surface area contributed by atoms with E-state index in [9.17, 15) is 9.59 Å². The maximum absolute atomic E-state index is 13.6. The van der Waals surface area contributed by atoms with Crippen LogP contribution in [0.1, 0.15) is 39.5 Å². The Balaban J connectivity index is 1.73. The Morgan fingerprint density at radius 3 is 2.35 bits per heavy atom. The van der Waals surface area contributed by atoms with Crippen molar-refractivity contribution in [3.05, 3.63) is 99.6 Å². The summed E-state index contributed by atoms with van der Waals surface area (Å²) in [6, 6.07) is 20.9. The van der Waals surface area contributed by atoms with Gasteiger partial charge in [0.1, 0.15) is 5.54 Å². The van der Waals surface area contributed by atoms with Crippen molar-refractivity contribution in [2.45, 2.75) is 39.3 Å². The summed E-state index contributed by atoms with van der Waals surface area (Å²) < 4.78 is 0. The van der Waals surface area contributed by atoms with Gasteiger partial charge in [0.2, 0.25) is 5.91 Å². The molecule has 4 rings (SSSR count). The number of anilines is 1. The Morgan fingerprint density at radius 2 is 1.68 bits per heavy atom. The summed E-state index contributed by atoms with van der Waals surface area (Å²) in [5.74, 6) is -0.347. The number of benzene rings is 3. The van der Waals surface area contributed by atoms with Gasteiger partial charge in [0, 0.05) is 29.2 Å². The second-order valence-electron chi connectivity index (χ2n) is 8.40. The highest BCUT2D eigenvalue weighted by Gasteiger charge is 2.47. The van der Waals surface area contributed by atoms with E-state index in [4.69, 9.17) is 11.6 Å². The van der Waals surface area contributed by atoms with Crippen LogP contribution >= 0.6 is 11.6 Å². The highest BCUT2D eigenvalue weighted by Crippen LogP contribution is 2.36. The molecule has 1 aliphatic rings. The van der Waals surface area contributed by atoms with Gasteiger partial charge in [-0.2, -0.15) is 0 Å². The van der Waals surface area contributed by atoms with E-state index < -0.39 is 5.54 Å². The summed E-state index contributed by atoms with van der Waals surface area (Å²) in [4.78, 5) is 28.8. The standard InChI is InChI=1S/C26H25ClN2O2/c1-17-12-18(2)14-22(13-17)29-24(30)23-7-5-4-6-20(23)15-26(29,3)25(31)28-16-19-8-10-21(27)11-9-19/h4-14H,15-16H2,1-3H3,(H,28,31)/t26-/m1/s1. The number of rotatable bonds is 4. The minimum Gasteiger partial charge on any atom is -0.350 e. The predicted octanol–water partition coefficient (Wildman–Crippen LogP) is 5.23. The number of nitrogens with zero attached hydrogens (tertiary/aromatic N) is 1. The first-order valence-corrected chi connectivity index (χ1v) is 10.7. The van der Waals surface area contributed by atoms with Gasteiger partial charge in [0.05, 0.1) is 0 Å². The minimum atomic E-state index is -1.06. The van der Waals surface area contributed by atoms with E-state index in [0.29, 0.717) is 23.6 Å². The van der Waals surface area contributed by atoms with E-state index in [1.807, 2.05) is 69.3 Å². The molecule has 1 heterocycles. The molecule has 0 fully saturated rings. The lowest BCUT2D eigenvalue weighted by Gasteiger charge is -2.44. The van der Waals surface area contributed by atoms with Gasteiger partial charge in [-0.3, -0.25) is 14.5 Å². The van der Waals surface area contributed by atoms with Crippen LogP contribution in [0, 0.1) is 13.8 Å². The Morgan fingerprint density at radius 1 is 1.03 bits per heavy atom. The lowest BCUT2D eigenvalue weighted by atomic mass is 9.82. The van der Waals surface area contributed by atoms with E-state index in [2.05, 4.69) is 11.4 Å². The summed E-state index contributed by atoms with van der Waals surface area (Å²) >= 11 is 5.96. The summed E-state index contributed by atoms with van der Waals surface area (Å²) in [5.41, 5.74) is 4.25. The molecule has 0 aliphatic carbocycles. The number of carbonyl (C=O) groups excluding carboxylic acids is 2. The van der Waals surface area contributed by atoms with Crippen molar-refractivity contribution in [1.29, 1.82) is 0 Å². The van der Waals surface area contributed by atoms with Crippen LogP contribution in [0.3, 0.4) is 0 Å². The van der Waals surface area contributed by atoms with Crippen LogP contribution in [-0.4, -0.2) is 17.4 Å². The molecule has 4 nitrogen and oxygen atoms in total. The van der Waals surface area contributed by atoms with Gasteiger partial charge in [-0.1, -0.05) is 48.0 Å². The molecule has 0 aromatic heterocycles. The molecule has 31 heavy (non-hydrogen) atoms. The van der Waals surface area contributed by atoms with Crippen molar-refractivity contribution in [3.63, 3.8) is 0 Å². The SMILES string of the molecule is Cc1cc(C)cc(N2C(=O)c3ccccc3C[C@]2(C)C(=O)NCc2ccc(Cl)cc2)c1. The zero-order valence-electron chi connectivity index (χ0n) is 17.9. The lowest BCUT2D eigenvalue weighted by Crippen LogP contribution is -2.63. The summed E-state index contributed by atoms with van der Waals surface area (Å²) in [5, 5.41) is 3.68. The monoisotopic (exact) mass is 432 g/mol. The third kappa shape index (κ3) is 4.08. The van der Waals surface area contributed by atoms with E-state index in [-0.39, 0.29) is 11.8 Å². The fraction of sp³-hybridized carbons (Fsp3) is 0.231. The number of nitrogens with one attached hydrogen (secondary N) is 1. The Bertz CT molecular complexity index is 1140. The maximum atomic E-state index is 13.6. The number of carbonyl (C=O) groups is 2. The molecule has 3 aromatic rings. The largest absolute Gasteiger partial charge is 0.350 e. The Kier molecular flexibility index (Phi) is 5.59. The first kappa shape index (κ1) is 21.1. The average Bonchev–Trinajstić information content (AvgIpc) is 2.72. The lowest BCUT2D eigenvalue weighted by molar-refractivity contribution is -0.126. The normalized spacial score (nSPS) is 17.9. The summed E-state index contributed by atoms with van der Waals surface area (Å²) in [6.07, 6.45) is 0.439. The zero-order valence-corrected chi connectivity index (χ0v) is 18.7. The summed E-state index contributed by atoms with van der Waals surface area (Å²) in [7, 11) is 0. The molecule has 0 radical (unpaired) electrons. The molecule has 3 aromatic carbocycles. The molecule has 2 amide bonds. The van der Waals surface area contributed by atoms with Crippen molar-refractivity contribution in [1.82, 2.24) is 5.32 Å². The van der Waals surface area contributed by atoms with Crippen molar-refractivity contribution in [3.8, 4) is 0 Å². The van der Waals surface area contributed by atoms with Gasteiger partial charge in [-0.05, 0) is 73.4 Å². The van der Waals surface area contributed by atoms with Crippen LogP contribution in [0.2, 0.25) is 5.02 Å². The van der Waals surface area contributed by atoms with Gasteiger partial charge < -0.3 is 5.32 Å². The molecule has 0 saturated carbocycles. The van der Waals surface area contributed by atoms with Gasteiger partial charge >= 0.3 is 0 Å². The van der Waals surface area contributed by atoms with E-state index in [1.165, 1.54) is 0 Å². The fourth-order valence-electron chi connectivity index (χ4n) is 4.32. The van der Waals surface area contributed by atoms with Gasteiger partial charge in [-0.15, -0.1) is 0 Å². The molecule has 158 valence electrons.